The van der Waals surface area contributed by atoms with Crippen molar-refractivity contribution in [2.45, 2.75) is 12.6 Å². The van der Waals surface area contributed by atoms with E-state index in [1.54, 1.807) is 12.3 Å². The Kier molecular flexibility index (Phi) is 3.05. The largest absolute Gasteiger partial charge is 0.383 e. The van der Waals surface area contributed by atoms with Crippen LogP contribution in [0.3, 0.4) is 0 Å². The van der Waals surface area contributed by atoms with Gasteiger partial charge in [0, 0.05) is 6.20 Å². The topological polar surface area (TPSA) is 45.5 Å². The number of hydrogen-bond donors (Lipinski definition) is 1. The fourth-order valence-corrected chi connectivity index (χ4v) is 1.33. The minimum Gasteiger partial charge on any atom is -0.383 e. The van der Waals surface area contributed by atoms with E-state index in [1.807, 2.05) is 36.4 Å². The first kappa shape index (κ1) is 9.80. The molecule has 1 heterocycles. The quantitative estimate of drug-likeness (QED) is 0.786. The highest BCUT2D eigenvalue weighted by Crippen LogP contribution is 2.03. The van der Waals surface area contributed by atoms with Crippen LogP contribution in [0.2, 0.25) is 0 Å². The molecule has 1 atom stereocenters. The summed E-state index contributed by atoms with van der Waals surface area (Å²) in [4.78, 5) is 8.46. The Labute approximate surface area is 88.5 Å². The zero-order chi connectivity index (χ0) is 10.5. The molecule has 1 aliphatic rings. The Balaban J connectivity index is 2.06. The van der Waals surface area contributed by atoms with Gasteiger partial charge >= 0.3 is 0 Å². The molecule has 2 rings (SSSR count). The van der Waals surface area contributed by atoms with E-state index in [0.29, 0.717) is 12.3 Å². The van der Waals surface area contributed by atoms with Gasteiger partial charge in [-0.3, -0.25) is 9.98 Å². The maximum atomic E-state index is 9.56. The molecule has 0 aliphatic heterocycles. The van der Waals surface area contributed by atoms with Crippen molar-refractivity contribution >= 4 is 5.71 Å². The lowest BCUT2D eigenvalue weighted by Gasteiger charge is -2.08. The summed E-state index contributed by atoms with van der Waals surface area (Å²) in [6.45, 7) is 0.505. The Bertz CT molecular complexity index is 407. The van der Waals surface area contributed by atoms with Crippen LogP contribution in [0.5, 0.6) is 0 Å². The van der Waals surface area contributed by atoms with E-state index >= 15 is 0 Å². The van der Waals surface area contributed by atoms with Crippen LogP contribution in [0.1, 0.15) is 5.69 Å². The van der Waals surface area contributed by atoms with Crippen LogP contribution in [0.25, 0.3) is 0 Å². The van der Waals surface area contributed by atoms with Gasteiger partial charge in [0.15, 0.2) is 0 Å². The van der Waals surface area contributed by atoms with Crippen molar-refractivity contribution < 1.29 is 5.11 Å². The molecule has 0 fully saturated rings. The number of pyridine rings is 1. The Morgan fingerprint density at radius 3 is 3.00 bits per heavy atom. The highest BCUT2D eigenvalue weighted by atomic mass is 16.3. The molecule has 0 bridgehead atoms. The van der Waals surface area contributed by atoms with E-state index in [4.69, 9.17) is 0 Å². The second-order valence-electron chi connectivity index (χ2n) is 3.25. The summed E-state index contributed by atoms with van der Waals surface area (Å²) in [6, 6.07) is 5.71. The second kappa shape index (κ2) is 4.66. The van der Waals surface area contributed by atoms with E-state index < -0.39 is 6.10 Å². The van der Waals surface area contributed by atoms with Gasteiger partial charge in [0.25, 0.3) is 0 Å². The third-order valence-electron chi connectivity index (χ3n) is 2.12. The Morgan fingerprint density at radius 2 is 2.27 bits per heavy atom. The third-order valence-corrected chi connectivity index (χ3v) is 2.12. The van der Waals surface area contributed by atoms with E-state index in [1.165, 1.54) is 0 Å². The number of aliphatic hydroxyl groups is 1. The lowest BCUT2D eigenvalue weighted by molar-refractivity contribution is 0.289. The molecule has 76 valence electrons. The van der Waals surface area contributed by atoms with Gasteiger partial charge in [-0.05, 0) is 18.2 Å². The number of hydrogen-bond acceptors (Lipinski definition) is 3. The van der Waals surface area contributed by atoms with Crippen molar-refractivity contribution in [3.63, 3.8) is 0 Å². The molecule has 1 unspecified atom stereocenters. The molecule has 1 N–H and O–H groups in total. The minimum atomic E-state index is -0.585. The lowest BCUT2D eigenvalue weighted by Crippen LogP contribution is -2.17. The zero-order valence-corrected chi connectivity index (χ0v) is 8.24. The number of aliphatic hydroxyl groups excluding tert-OH is 1. The first-order valence-electron chi connectivity index (χ1n) is 4.83. The predicted molar refractivity (Wildman–Crippen MR) is 59.7 cm³/mol. The van der Waals surface area contributed by atoms with Crippen molar-refractivity contribution in [2.75, 3.05) is 0 Å². The predicted octanol–water partition coefficient (Wildman–Crippen LogP) is 1.51. The number of aliphatic imine (C=N–C) groups is 1. The molecular weight excluding hydrogens is 188 g/mol. The average molecular weight is 200 g/mol. The summed E-state index contributed by atoms with van der Waals surface area (Å²) >= 11 is 0. The van der Waals surface area contributed by atoms with Gasteiger partial charge in [-0.15, -0.1) is 0 Å². The van der Waals surface area contributed by atoms with E-state index in [-0.39, 0.29) is 0 Å². The van der Waals surface area contributed by atoms with E-state index in [2.05, 4.69) is 9.98 Å². The van der Waals surface area contributed by atoms with Crippen molar-refractivity contribution in [3.8, 4) is 0 Å². The molecule has 1 aromatic rings. The molecule has 3 heteroatoms. The van der Waals surface area contributed by atoms with E-state index in [0.717, 1.165) is 5.69 Å². The van der Waals surface area contributed by atoms with Crippen LogP contribution >= 0.6 is 0 Å². The number of rotatable bonds is 2. The maximum absolute atomic E-state index is 9.56. The minimum absolute atomic E-state index is 0.505. The molecular formula is C12H12N2O. The summed E-state index contributed by atoms with van der Waals surface area (Å²) in [5.74, 6) is 0. The highest BCUT2D eigenvalue weighted by Gasteiger charge is 2.07. The molecule has 3 nitrogen and oxygen atoms in total. The van der Waals surface area contributed by atoms with Gasteiger partial charge in [0.1, 0.15) is 6.10 Å². The van der Waals surface area contributed by atoms with Crippen LogP contribution in [-0.4, -0.2) is 21.9 Å². The third kappa shape index (κ3) is 2.60. The number of aromatic nitrogens is 1. The van der Waals surface area contributed by atoms with Gasteiger partial charge in [-0.25, -0.2) is 0 Å². The summed E-state index contributed by atoms with van der Waals surface area (Å²) in [5.41, 5.74) is 1.59. The highest BCUT2D eigenvalue weighted by molar-refractivity contribution is 6.00. The molecule has 0 saturated carbocycles. The van der Waals surface area contributed by atoms with Crippen molar-refractivity contribution in [2.24, 2.45) is 4.99 Å². The summed E-state index contributed by atoms with van der Waals surface area (Å²) in [6.07, 6.45) is 8.35. The Hall–Kier alpha value is -1.74. The number of nitrogens with zero attached hydrogens (tertiary/aromatic N) is 2. The van der Waals surface area contributed by atoms with Crippen LogP contribution < -0.4 is 0 Å². The SMILES string of the molecule is OC1C=CC=C/C1=N\Cc1ccccn1. The van der Waals surface area contributed by atoms with Gasteiger partial charge in [-0.1, -0.05) is 24.3 Å². The normalized spacial score (nSPS) is 22.2. The molecule has 1 aliphatic carbocycles. The van der Waals surface area contributed by atoms with Gasteiger partial charge in [-0.2, -0.15) is 0 Å². The van der Waals surface area contributed by atoms with Crippen LogP contribution in [0.4, 0.5) is 0 Å². The molecule has 0 amide bonds. The monoisotopic (exact) mass is 200 g/mol. The van der Waals surface area contributed by atoms with Crippen molar-refractivity contribution in [3.05, 3.63) is 54.4 Å². The van der Waals surface area contributed by atoms with E-state index in [9.17, 15) is 5.11 Å². The molecule has 1 aromatic heterocycles. The lowest BCUT2D eigenvalue weighted by atomic mass is 10.1. The molecule has 0 radical (unpaired) electrons. The molecule has 0 aromatic carbocycles. The zero-order valence-electron chi connectivity index (χ0n) is 8.24. The van der Waals surface area contributed by atoms with Crippen LogP contribution in [0.15, 0.2) is 53.7 Å². The summed E-state index contributed by atoms with van der Waals surface area (Å²) in [7, 11) is 0. The average Bonchev–Trinajstić information content (AvgIpc) is 2.29. The first-order chi connectivity index (χ1) is 7.36. The number of allylic oxidation sites excluding steroid dienone is 2. The molecule has 0 saturated heterocycles. The summed E-state index contributed by atoms with van der Waals surface area (Å²) < 4.78 is 0. The maximum Gasteiger partial charge on any atom is 0.114 e. The smallest absolute Gasteiger partial charge is 0.114 e. The van der Waals surface area contributed by atoms with Gasteiger partial charge in [0.05, 0.1) is 18.0 Å². The van der Waals surface area contributed by atoms with Crippen LogP contribution in [-0.2, 0) is 6.54 Å². The standard InChI is InChI=1S/C12H12N2O/c15-12-7-2-1-6-11(12)14-9-10-5-3-4-8-13-10/h1-8,12,15H,9H2/b14-11+. The second-order valence-corrected chi connectivity index (χ2v) is 3.25. The summed E-state index contributed by atoms with van der Waals surface area (Å²) in [5, 5.41) is 9.56. The molecule has 0 spiro atoms. The van der Waals surface area contributed by atoms with Gasteiger partial charge in [0.2, 0.25) is 0 Å². The van der Waals surface area contributed by atoms with Gasteiger partial charge < -0.3 is 5.11 Å². The fourth-order valence-electron chi connectivity index (χ4n) is 1.33. The molecule has 15 heavy (non-hydrogen) atoms. The van der Waals surface area contributed by atoms with Crippen molar-refractivity contribution in [1.29, 1.82) is 0 Å². The van der Waals surface area contributed by atoms with Crippen LogP contribution in [0, 0.1) is 0 Å². The van der Waals surface area contributed by atoms with Crippen molar-refractivity contribution in [1.82, 2.24) is 4.98 Å². The first-order valence-corrected chi connectivity index (χ1v) is 4.83. The fraction of sp³-hybridized carbons (Fsp3) is 0.167. The Morgan fingerprint density at radius 1 is 1.33 bits per heavy atom.